The molecule has 1 heterocycles. The largest absolute Gasteiger partial charge is 0.466 e. The Labute approximate surface area is 171 Å². The molecule has 0 spiro atoms. The molecule has 1 N–H and O–H groups in total. The van der Waals surface area contributed by atoms with Gasteiger partial charge in [0.1, 0.15) is 11.5 Å². The number of rotatable bonds is 8. The van der Waals surface area contributed by atoms with E-state index < -0.39 is 0 Å². The van der Waals surface area contributed by atoms with Crippen molar-refractivity contribution in [2.24, 2.45) is 0 Å². The summed E-state index contributed by atoms with van der Waals surface area (Å²) < 4.78 is 5.52. The first-order chi connectivity index (χ1) is 14.0. The molecule has 0 saturated carbocycles. The molecule has 0 saturated heterocycles. The molecule has 0 fully saturated rings. The smallest absolute Gasteiger partial charge is 0.257 e. The number of amides is 2. The van der Waals surface area contributed by atoms with Gasteiger partial charge in [-0.3, -0.25) is 9.59 Å². The second-order valence-corrected chi connectivity index (χ2v) is 7.05. The molecule has 0 aliphatic carbocycles. The van der Waals surface area contributed by atoms with Gasteiger partial charge in [-0.25, -0.2) is 0 Å². The molecule has 3 aromatic rings. The number of carbonyl (C=O) groups is 2. The number of aryl methyl sites for hydroxylation is 2. The van der Waals surface area contributed by atoms with E-state index in [9.17, 15) is 9.59 Å². The van der Waals surface area contributed by atoms with Gasteiger partial charge in [0.2, 0.25) is 5.91 Å². The lowest BCUT2D eigenvalue weighted by Gasteiger charge is -2.22. The van der Waals surface area contributed by atoms with E-state index in [1.165, 1.54) is 0 Å². The monoisotopic (exact) mass is 390 g/mol. The topological polar surface area (TPSA) is 62.6 Å². The minimum atomic E-state index is -0.126. The lowest BCUT2D eigenvalue weighted by atomic mass is 10.1. The summed E-state index contributed by atoms with van der Waals surface area (Å²) >= 11 is 0. The maximum Gasteiger partial charge on any atom is 0.257 e. The van der Waals surface area contributed by atoms with Crippen LogP contribution in [0.3, 0.4) is 0 Å². The fourth-order valence-electron chi connectivity index (χ4n) is 3.19. The summed E-state index contributed by atoms with van der Waals surface area (Å²) in [6.07, 6.45) is 0.237. The predicted molar refractivity (Wildman–Crippen MR) is 112 cm³/mol. The van der Waals surface area contributed by atoms with Crippen LogP contribution >= 0.6 is 0 Å². The first kappa shape index (κ1) is 20.4. The number of nitrogens with zero attached hydrogens (tertiary/aromatic N) is 1. The van der Waals surface area contributed by atoms with Gasteiger partial charge in [-0.05, 0) is 31.0 Å². The lowest BCUT2D eigenvalue weighted by Crippen LogP contribution is -2.35. The van der Waals surface area contributed by atoms with Gasteiger partial charge in [-0.15, -0.1) is 0 Å². The van der Waals surface area contributed by atoms with Crippen LogP contribution in [0.4, 0.5) is 0 Å². The fraction of sp³-hybridized carbons (Fsp3) is 0.250. The van der Waals surface area contributed by atoms with Crippen molar-refractivity contribution in [2.75, 3.05) is 6.54 Å². The molecular weight excluding hydrogens is 364 g/mol. The molecule has 0 atom stereocenters. The minimum absolute atomic E-state index is 0.0835. The Kier molecular flexibility index (Phi) is 6.85. The molecule has 5 nitrogen and oxygen atoms in total. The maximum atomic E-state index is 13.1. The molecule has 29 heavy (non-hydrogen) atoms. The summed E-state index contributed by atoms with van der Waals surface area (Å²) in [5, 5.41) is 2.92. The van der Waals surface area contributed by atoms with E-state index in [1.54, 1.807) is 17.9 Å². The van der Waals surface area contributed by atoms with Crippen LogP contribution in [0.15, 0.2) is 71.1 Å². The molecule has 0 bridgehead atoms. The molecule has 150 valence electrons. The van der Waals surface area contributed by atoms with Gasteiger partial charge < -0.3 is 14.6 Å². The summed E-state index contributed by atoms with van der Waals surface area (Å²) in [7, 11) is 0. The van der Waals surface area contributed by atoms with Crippen molar-refractivity contribution in [1.29, 1.82) is 0 Å². The van der Waals surface area contributed by atoms with Gasteiger partial charge in [0.05, 0.1) is 5.56 Å². The van der Waals surface area contributed by atoms with Crippen LogP contribution in [0.1, 0.15) is 39.4 Å². The molecule has 1 aromatic heterocycles. The Morgan fingerprint density at radius 1 is 0.931 bits per heavy atom. The van der Waals surface area contributed by atoms with Crippen molar-refractivity contribution in [1.82, 2.24) is 10.2 Å². The highest BCUT2D eigenvalue weighted by Gasteiger charge is 2.21. The third-order valence-corrected chi connectivity index (χ3v) is 4.72. The highest BCUT2D eigenvalue weighted by Crippen LogP contribution is 2.18. The first-order valence-corrected chi connectivity index (χ1v) is 9.74. The molecule has 0 aliphatic rings. The normalized spacial score (nSPS) is 10.6. The van der Waals surface area contributed by atoms with Crippen molar-refractivity contribution in [2.45, 2.75) is 33.4 Å². The van der Waals surface area contributed by atoms with Crippen LogP contribution in [-0.2, 0) is 17.9 Å². The van der Waals surface area contributed by atoms with Crippen LogP contribution in [0, 0.1) is 13.8 Å². The zero-order valence-corrected chi connectivity index (χ0v) is 16.9. The van der Waals surface area contributed by atoms with E-state index in [2.05, 4.69) is 5.32 Å². The van der Waals surface area contributed by atoms with E-state index in [0.29, 0.717) is 36.7 Å². The Bertz CT molecular complexity index is 949. The average molecular weight is 390 g/mol. The van der Waals surface area contributed by atoms with E-state index in [-0.39, 0.29) is 18.2 Å². The summed E-state index contributed by atoms with van der Waals surface area (Å²) in [5.41, 5.74) is 2.61. The maximum absolute atomic E-state index is 13.1. The quantitative estimate of drug-likeness (QED) is 0.626. The summed E-state index contributed by atoms with van der Waals surface area (Å²) in [6.45, 7) is 4.86. The second kappa shape index (κ2) is 9.73. The van der Waals surface area contributed by atoms with Crippen LogP contribution in [0.25, 0.3) is 0 Å². The number of hydrogen-bond acceptors (Lipinski definition) is 3. The van der Waals surface area contributed by atoms with Gasteiger partial charge in [-0.2, -0.15) is 0 Å². The lowest BCUT2D eigenvalue weighted by molar-refractivity contribution is -0.121. The van der Waals surface area contributed by atoms with Gasteiger partial charge in [0.15, 0.2) is 0 Å². The number of furan rings is 1. The van der Waals surface area contributed by atoms with E-state index >= 15 is 0 Å². The second-order valence-electron chi connectivity index (χ2n) is 7.05. The third kappa shape index (κ3) is 5.82. The Balaban J connectivity index is 1.65. The minimum Gasteiger partial charge on any atom is -0.466 e. The molecule has 0 unspecified atom stereocenters. The van der Waals surface area contributed by atoms with Crippen molar-refractivity contribution in [3.05, 3.63) is 94.9 Å². The van der Waals surface area contributed by atoms with Crippen molar-refractivity contribution >= 4 is 11.8 Å². The molecule has 2 amide bonds. The van der Waals surface area contributed by atoms with Crippen LogP contribution in [-0.4, -0.2) is 23.3 Å². The number of nitrogens with one attached hydrogen (secondary N) is 1. The summed E-state index contributed by atoms with van der Waals surface area (Å²) in [6, 6.07) is 21.3. The molecule has 0 aliphatic heterocycles. The Morgan fingerprint density at radius 3 is 2.14 bits per heavy atom. The fourth-order valence-corrected chi connectivity index (χ4v) is 3.19. The van der Waals surface area contributed by atoms with Gasteiger partial charge in [-0.1, -0.05) is 60.7 Å². The van der Waals surface area contributed by atoms with Gasteiger partial charge in [0, 0.05) is 26.1 Å². The zero-order valence-electron chi connectivity index (χ0n) is 16.9. The van der Waals surface area contributed by atoms with Crippen LogP contribution in [0.5, 0.6) is 0 Å². The van der Waals surface area contributed by atoms with Crippen LogP contribution < -0.4 is 5.32 Å². The molecule has 3 rings (SSSR count). The SMILES string of the molecule is Cc1cc(C(=O)N(CCC(=O)NCc2ccccc2)Cc2ccccc2)c(C)o1. The Morgan fingerprint density at radius 2 is 1.55 bits per heavy atom. The van der Waals surface area contributed by atoms with Crippen molar-refractivity contribution in [3.8, 4) is 0 Å². The Hall–Kier alpha value is -3.34. The standard InChI is InChI=1S/C24H26N2O3/c1-18-15-22(19(2)29-18)24(28)26(17-21-11-7-4-8-12-21)14-13-23(27)25-16-20-9-5-3-6-10-20/h3-12,15H,13-14,16-17H2,1-2H3,(H,25,27). The first-order valence-electron chi connectivity index (χ1n) is 9.74. The zero-order chi connectivity index (χ0) is 20.6. The third-order valence-electron chi connectivity index (χ3n) is 4.72. The van der Waals surface area contributed by atoms with Crippen molar-refractivity contribution < 1.29 is 14.0 Å². The van der Waals surface area contributed by atoms with Crippen LogP contribution in [0.2, 0.25) is 0 Å². The molecular formula is C24H26N2O3. The highest BCUT2D eigenvalue weighted by atomic mass is 16.3. The van der Waals surface area contributed by atoms with Gasteiger partial charge >= 0.3 is 0 Å². The number of carbonyl (C=O) groups excluding carboxylic acids is 2. The van der Waals surface area contributed by atoms with Crippen molar-refractivity contribution in [3.63, 3.8) is 0 Å². The molecule has 0 radical (unpaired) electrons. The summed E-state index contributed by atoms with van der Waals surface area (Å²) in [4.78, 5) is 27.1. The highest BCUT2D eigenvalue weighted by molar-refractivity contribution is 5.95. The van der Waals surface area contributed by atoms with E-state index in [1.807, 2.05) is 67.6 Å². The molecule has 5 heteroatoms. The molecule has 2 aromatic carbocycles. The predicted octanol–water partition coefficient (Wildman–Crippen LogP) is 4.25. The average Bonchev–Trinajstić information content (AvgIpc) is 3.08. The number of benzene rings is 2. The van der Waals surface area contributed by atoms with Gasteiger partial charge in [0.25, 0.3) is 5.91 Å². The summed E-state index contributed by atoms with van der Waals surface area (Å²) in [5.74, 6) is 1.09. The van der Waals surface area contributed by atoms with E-state index in [4.69, 9.17) is 4.42 Å². The van der Waals surface area contributed by atoms with E-state index in [0.717, 1.165) is 11.1 Å². The number of hydrogen-bond donors (Lipinski definition) is 1.